The van der Waals surface area contributed by atoms with Gasteiger partial charge in [-0.3, -0.25) is 14.5 Å². The fourth-order valence-electron chi connectivity index (χ4n) is 4.94. The Kier molecular flexibility index (Phi) is 7.88. The molecule has 2 aliphatic rings. The molecular weight excluding hydrogens is 499 g/mol. The van der Waals surface area contributed by atoms with Gasteiger partial charge < -0.3 is 19.9 Å². The normalized spacial score (nSPS) is 19.6. The van der Waals surface area contributed by atoms with Crippen LogP contribution in [-0.4, -0.2) is 71.9 Å². The SMILES string of the molecule is CN1CCN(C(=O)C2C(c3ccc(NC(=O)Cc4ccccc4)cc3)OC(=O)N2Cc2ccc(F)cc2)CC1. The van der Waals surface area contributed by atoms with Crippen LogP contribution in [0.2, 0.25) is 0 Å². The summed E-state index contributed by atoms with van der Waals surface area (Å²) in [7, 11) is 2.01. The van der Waals surface area contributed by atoms with Gasteiger partial charge in [-0.1, -0.05) is 54.6 Å². The molecule has 5 rings (SSSR count). The Balaban J connectivity index is 1.35. The first-order valence-corrected chi connectivity index (χ1v) is 13.0. The number of halogens is 1. The number of nitrogens with one attached hydrogen (secondary N) is 1. The summed E-state index contributed by atoms with van der Waals surface area (Å²) >= 11 is 0. The Morgan fingerprint density at radius 2 is 1.56 bits per heavy atom. The Bertz CT molecular complexity index is 1310. The van der Waals surface area contributed by atoms with Gasteiger partial charge in [-0.15, -0.1) is 0 Å². The number of cyclic esters (lactones) is 1. The molecule has 3 aromatic carbocycles. The predicted octanol–water partition coefficient (Wildman–Crippen LogP) is 3.84. The number of hydrogen-bond acceptors (Lipinski definition) is 5. The predicted molar refractivity (Wildman–Crippen MR) is 144 cm³/mol. The molecule has 3 amide bonds. The van der Waals surface area contributed by atoms with Crippen LogP contribution in [-0.2, 0) is 27.3 Å². The Hall–Kier alpha value is -4.24. The van der Waals surface area contributed by atoms with E-state index in [9.17, 15) is 18.8 Å². The van der Waals surface area contributed by atoms with Crippen molar-refractivity contribution in [3.63, 3.8) is 0 Å². The summed E-state index contributed by atoms with van der Waals surface area (Å²) in [5, 5.41) is 2.89. The van der Waals surface area contributed by atoms with Gasteiger partial charge in [0.25, 0.3) is 0 Å². The number of amides is 3. The lowest BCUT2D eigenvalue weighted by molar-refractivity contribution is -0.138. The van der Waals surface area contributed by atoms with Crippen LogP contribution in [0.15, 0.2) is 78.9 Å². The summed E-state index contributed by atoms with van der Waals surface area (Å²) in [6.45, 7) is 2.72. The second-order valence-electron chi connectivity index (χ2n) is 9.96. The van der Waals surface area contributed by atoms with E-state index in [1.807, 2.05) is 37.4 Å². The highest BCUT2D eigenvalue weighted by Gasteiger charge is 2.48. The Morgan fingerprint density at radius 1 is 0.897 bits per heavy atom. The van der Waals surface area contributed by atoms with E-state index in [0.29, 0.717) is 29.9 Å². The minimum absolute atomic E-state index is 0.118. The van der Waals surface area contributed by atoms with E-state index in [-0.39, 0.29) is 30.6 Å². The van der Waals surface area contributed by atoms with Gasteiger partial charge in [0.05, 0.1) is 13.0 Å². The molecule has 39 heavy (non-hydrogen) atoms. The number of nitrogens with zero attached hydrogens (tertiary/aromatic N) is 3. The summed E-state index contributed by atoms with van der Waals surface area (Å²) in [6.07, 6.45) is -1.17. The second kappa shape index (κ2) is 11.7. The molecule has 0 bridgehead atoms. The highest BCUT2D eigenvalue weighted by atomic mass is 19.1. The van der Waals surface area contributed by atoms with Crippen molar-refractivity contribution < 1.29 is 23.5 Å². The number of carbonyl (C=O) groups excluding carboxylic acids is 3. The molecule has 202 valence electrons. The van der Waals surface area contributed by atoms with Gasteiger partial charge in [0, 0.05) is 31.9 Å². The highest BCUT2D eigenvalue weighted by Crippen LogP contribution is 2.35. The number of benzene rings is 3. The van der Waals surface area contributed by atoms with Crippen molar-refractivity contribution in [2.24, 2.45) is 0 Å². The monoisotopic (exact) mass is 530 g/mol. The first-order chi connectivity index (χ1) is 18.9. The summed E-state index contributed by atoms with van der Waals surface area (Å²) in [5.74, 6) is -0.697. The van der Waals surface area contributed by atoms with Gasteiger partial charge in [-0.05, 0) is 48.0 Å². The zero-order chi connectivity index (χ0) is 27.4. The molecule has 0 aromatic heterocycles. The van der Waals surface area contributed by atoms with Gasteiger partial charge in [0.15, 0.2) is 12.1 Å². The van der Waals surface area contributed by atoms with Gasteiger partial charge in [0.1, 0.15) is 5.82 Å². The number of ether oxygens (including phenoxy) is 1. The van der Waals surface area contributed by atoms with Crippen LogP contribution in [0.5, 0.6) is 0 Å². The molecule has 2 heterocycles. The molecule has 2 saturated heterocycles. The largest absolute Gasteiger partial charge is 0.438 e. The average molecular weight is 531 g/mol. The third-order valence-electron chi connectivity index (χ3n) is 7.15. The summed E-state index contributed by atoms with van der Waals surface area (Å²) < 4.78 is 19.2. The molecule has 2 fully saturated rings. The van der Waals surface area contributed by atoms with E-state index < -0.39 is 18.2 Å². The van der Waals surface area contributed by atoms with Crippen LogP contribution in [0.1, 0.15) is 22.8 Å². The Labute approximate surface area is 227 Å². The van der Waals surface area contributed by atoms with E-state index in [4.69, 9.17) is 4.74 Å². The number of carbonyl (C=O) groups is 3. The minimum Gasteiger partial charge on any atom is -0.438 e. The topological polar surface area (TPSA) is 82.2 Å². The van der Waals surface area contributed by atoms with Crippen molar-refractivity contribution in [3.8, 4) is 0 Å². The van der Waals surface area contributed by atoms with Crippen LogP contribution in [0.25, 0.3) is 0 Å². The van der Waals surface area contributed by atoms with Crippen LogP contribution < -0.4 is 5.32 Å². The van der Waals surface area contributed by atoms with Gasteiger partial charge in [-0.2, -0.15) is 0 Å². The first kappa shape index (κ1) is 26.4. The molecule has 0 aliphatic carbocycles. The summed E-state index contributed by atoms with van der Waals surface area (Å²) in [5.41, 5.74) is 2.87. The molecule has 0 spiro atoms. The molecule has 0 saturated carbocycles. The summed E-state index contributed by atoms with van der Waals surface area (Å²) in [6, 6.07) is 21.5. The second-order valence-corrected chi connectivity index (χ2v) is 9.96. The first-order valence-electron chi connectivity index (χ1n) is 13.0. The Morgan fingerprint density at radius 3 is 2.23 bits per heavy atom. The number of anilines is 1. The van der Waals surface area contributed by atoms with Crippen molar-refractivity contribution in [1.29, 1.82) is 0 Å². The van der Waals surface area contributed by atoms with E-state index in [2.05, 4.69) is 10.2 Å². The van der Waals surface area contributed by atoms with Gasteiger partial charge in [0.2, 0.25) is 11.8 Å². The van der Waals surface area contributed by atoms with Crippen molar-refractivity contribution in [3.05, 3.63) is 101 Å². The highest BCUT2D eigenvalue weighted by molar-refractivity contribution is 5.92. The van der Waals surface area contributed by atoms with E-state index in [0.717, 1.165) is 18.7 Å². The third-order valence-corrected chi connectivity index (χ3v) is 7.15. The summed E-state index contributed by atoms with van der Waals surface area (Å²) in [4.78, 5) is 44.7. The third kappa shape index (κ3) is 6.26. The zero-order valence-corrected chi connectivity index (χ0v) is 21.8. The molecule has 1 N–H and O–H groups in total. The molecule has 9 heteroatoms. The number of rotatable bonds is 7. The van der Waals surface area contributed by atoms with Crippen molar-refractivity contribution >= 4 is 23.6 Å². The maximum atomic E-state index is 13.8. The molecule has 3 aromatic rings. The standard InChI is InChI=1S/C30H31FN4O4/c1-33-15-17-34(18-16-33)29(37)27-28(39-30(38)35(27)20-22-7-11-24(31)12-8-22)23-9-13-25(14-10-23)32-26(36)19-21-5-3-2-4-6-21/h2-14,27-28H,15-20H2,1H3,(H,32,36). The quantitative estimate of drug-likeness (QED) is 0.502. The van der Waals surface area contributed by atoms with Crippen molar-refractivity contribution in [2.45, 2.75) is 25.1 Å². The lowest BCUT2D eigenvalue weighted by Crippen LogP contribution is -2.54. The molecule has 2 atom stereocenters. The van der Waals surface area contributed by atoms with E-state index >= 15 is 0 Å². The number of piperazine rings is 1. The van der Waals surface area contributed by atoms with Crippen LogP contribution in [0, 0.1) is 5.82 Å². The number of hydrogen-bond donors (Lipinski definition) is 1. The zero-order valence-electron chi connectivity index (χ0n) is 21.8. The lowest BCUT2D eigenvalue weighted by atomic mass is 9.99. The van der Waals surface area contributed by atoms with Crippen LogP contribution in [0.4, 0.5) is 14.9 Å². The van der Waals surface area contributed by atoms with Gasteiger partial charge in [-0.25, -0.2) is 9.18 Å². The lowest BCUT2D eigenvalue weighted by Gasteiger charge is -2.36. The van der Waals surface area contributed by atoms with Crippen LogP contribution >= 0.6 is 0 Å². The number of likely N-dealkylation sites (N-methyl/N-ethyl adjacent to an activating group) is 1. The van der Waals surface area contributed by atoms with Crippen molar-refractivity contribution in [2.75, 3.05) is 38.5 Å². The van der Waals surface area contributed by atoms with E-state index in [1.54, 1.807) is 41.3 Å². The molecular formula is C30H31FN4O4. The fourth-order valence-corrected chi connectivity index (χ4v) is 4.94. The average Bonchev–Trinajstić information content (AvgIpc) is 3.26. The molecule has 8 nitrogen and oxygen atoms in total. The maximum Gasteiger partial charge on any atom is 0.411 e. The molecule has 2 unspecified atom stereocenters. The van der Waals surface area contributed by atoms with Gasteiger partial charge >= 0.3 is 6.09 Å². The van der Waals surface area contributed by atoms with Crippen LogP contribution in [0.3, 0.4) is 0 Å². The molecule has 0 radical (unpaired) electrons. The maximum absolute atomic E-state index is 13.8. The molecule has 2 aliphatic heterocycles. The minimum atomic E-state index is -0.871. The smallest absolute Gasteiger partial charge is 0.411 e. The van der Waals surface area contributed by atoms with E-state index in [1.165, 1.54) is 17.0 Å². The van der Waals surface area contributed by atoms with Crippen molar-refractivity contribution in [1.82, 2.24) is 14.7 Å². The fraction of sp³-hybridized carbons (Fsp3) is 0.300.